The second-order valence-corrected chi connectivity index (χ2v) is 5.22. The highest BCUT2D eigenvalue weighted by Crippen LogP contribution is 2.15. The van der Waals surface area contributed by atoms with Crippen molar-refractivity contribution < 1.29 is 0 Å². The summed E-state index contributed by atoms with van der Waals surface area (Å²) in [5.74, 6) is 0.808. The Morgan fingerprint density at radius 2 is 2.53 bits per heavy atom. The fourth-order valence-electron chi connectivity index (χ4n) is 2.14. The van der Waals surface area contributed by atoms with Crippen molar-refractivity contribution in [2.75, 3.05) is 20.1 Å². The van der Waals surface area contributed by atoms with E-state index in [9.17, 15) is 0 Å². The summed E-state index contributed by atoms with van der Waals surface area (Å²) >= 11 is 1.67. The molecule has 1 aliphatic rings. The molecule has 2 rings (SSSR count). The van der Waals surface area contributed by atoms with Crippen molar-refractivity contribution in [1.29, 1.82) is 0 Å². The van der Waals surface area contributed by atoms with Crippen molar-refractivity contribution in [3.05, 3.63) is 16.6 Å². The molecule has 4 heteroatoms. The molecule has 1 aromatic rings. The topological polar surface area (TPSA) is 28.2 Å². The Kier molecular flexibility index (Phi) is 3.72. The number of hydrogen-bond donors (Lipinski definition) is 1. The van der Waals surface area contributed by atoms with E-state index >= 15 is 0 Å². The Hall–Kier alpha value is -0.450. The van der Waals surface area contributed by atoms with Crippen LogP contribution in [0.1, 0.15) is 19.0 Å². The first-order valence-corrected chi connectivity index (χ1v) is 6.49. The number of rotatable bonds is 4. The highest BCUT2D eigenvalue weighted by atomic mass is 32.1. The fraction of sp³-hybridized carbons (Fsp3) is 0.727. The number of likely N-dealkylation sites (N-methyl/N-ethyl adjacent to an activating group) is 1. The highest BCUT2D eigenvalue weighted by molar-refractivity contribution is 7.07. The minimum atomic E-state index is 0.661. The molecule has 0 saturated carbocycles. The van der Waals surface area contributed by atoms with Gasteiger partial charge in [-0.2, -0.15) is 0 Å². The normalized spacial score (nSPS) is 26.3. The molecule has 1 aliphatic heterocycles. The summed E-state index contributed by atoms with van der Waals surface area (Å²) in [6, 6.07) is 0.661. The van der Waals surface area contributed by atoms with Crippen LogP contribution in [0.5, 0.6) is 0 Å². The van der Waals surface area contributed by atoms with Crippen molar-refractivity contribution in [1.82, 2.24) is 15.2 Å². The number of hydrogen-bond acceptors (Lipinski definition) is 4. The SMILES string of the molecule is CC1CCNC1CN(C)Cc1cscn1. The van der Waals surface area contributed by atoms with Gasteiger partial charge in [0.2, 0.25) is 0 Å². The van der Waals surface area contributed by atoms with Gasteiger partial charge in [0, 0.05) is 24.5 Å². The Bertz CT molecular complexity index is 286. The van der Waals surface area contributed by atoms with Crippen LogP contribution in [0.4, 0.5) is 0 Å². The maximum atomic E-state index is 4.31. The van der Waals surface area contributed by atoms with Crippen LogP contribution in [-0.4, -0.2) is 36.1 Å². The van der Waals surface area contributed by atoms with Crippen LogP contribution >= 0.6 is 11.3 Å². The molecule has 15 heavy (non-hydrogen) atoms. The molecule has 3 nitrogen and oxygen atoms in total. The lowest BCUT2D eigenvalue weighted by Crippen LogP contribution is -2.38. The molecule has 1 aromatic heterocycles. The summed E-state index contributed by atoms with van der Waals surface area (Å²) in [6.45, 7) is 5.60. The molecule has 2 heterocycles. The van der Waals surface area contributed by atoms with Crippen molar-refractivity contribution in [3.8, 4) is 0 Å². The summed E-state index contributed by atoms with van der Waals surface area (Å²) in [6.07, 6.45) is 1.31. The van der Waals surface area contributed by atoms with Crippen LogP contribution in [0.3, 0.4) is 0 Å². The second kappa shape index (κ2) is 5.05. The fourth-order valence-corrected chi connectivity index (χ4v) is 2.69. The molecule has 2 unspecified atom stereocenters. The summed E-state index contributed by atoms with van der Waals surface area (Å²) in [5.41, 5.74) is 3.09. The molecule has 0 spiro atoms. The standard InChI is InChI=1S/C11H19N3S/c1-9-3-4-12-11(9)6-14(2)5-10-7-15-8-13-10/h7-9,11-12H,3-6H2,1-2H3. The van der Waals surface area contributed by atoms with E-state index in [1.807, 2.05) is 5.51 Å². The van der Waals surface area contributed by atoms with Gasteiger partial charge in [0.15, 0.2) is 0 Å². The Morgan fingerprint density at radius 3 is 3.13 bits per heavy atom. The van der Waals surface area contributed by atoms with Gasteiger partial charge in [-0.05, 0) is 25.9 Å². The predicted octanol–water partition coefficient (Wildman–Crippen LogP) is 1.57. The monoisotopic (exact) mass is 225 g/mol. The molecule has 0 radical (unpaired) electrons. The van der Waals surface area contributed by atoms with Crippen LogP contribution in [-0.2, 0) is 6.54 Å². The zero-order valence-corrected chi connectivity index (χ0v) is 10.3. The first-order valence-electron chi connectivity index (χ1n) is 5.54. The van der Waals surface area contributed by atoms with Crippen molar-refractivity contribution in [2.45, 2.75) is 25.9 Å². The van der Waals surface area contributed by atoms with Gasteiger partial charge in [-0.1, -0.05) is 6.92 Å². The van der Waals surface area contributed by atoms with Crippen molar-refractivity contribution >= 4 is 11.3 Å². The van der Waals surface area contributed by atoms with Crippen LogP contribution in [0.2, 0.25) is 0 Å². The Balaban J connectivity index is 1.79. The second-order valence-electron chi connectivity index (χ2n) is 4.50. The smallest absolute Gasteiger partial charge is 0.0795 e. The average molecular weight is 225 g/mol. The molecule has 1 fully saturated rings. The maximum Gasteiger partial charge on any atom is 0.0795 e. The summed E-state index contributed by atoms with van der Waals surface area (Å²) < 4.78 is 0. The van der Waals surface area contributed by atoms with Crippen LogP contribution < -0.4 is 5.32 Å². The third-order valence-electron chi connectivity index (χ3n) is 3.12. The van der Waals surface area contributed by atoms with E-state index in [0.717, 1.165) is 19.0 Å². The van der Waals surface area contributed by atoms with Gasteiger partial charge in [-0.15, -0.1) is 11.3 Å². The zero-order valence-electron chi connectivity index (χ0n) is 9.44. The summed E-state index contributed by atoms with van der Waals surface area (Å²) in [7, 11) is 2.17. The highest BCUT2D eigenvalue weighted by Gasteiger charge is 2.23. The van der Waals surface area contributed by atoms with Crippen molar-refractivity contribution in [3.63, 3.8) is 0 Å². The third kappa shape index (κ3) is 3.00. The van der Waals surface area contributed by atoms with E-state index in [1.54, 1.807) is 11.3 Å². The molecule has 0 aromatic carbocycles. The molecule has 1 N–H and O–H groups in total. The molecular formula is C11H19N3S. The van der Waals surface area contributed by atoms with Gasteiger partial charge in [0.25, 0.3) is 0 Å². The summed E-state index contributed by atoms with van der Waals surface area (Å²) in [5, 5.41) is 5.68. The molecule has 0 amide bonds. The van der Waals surface area contributed by atoms with E-state index in [1.165, 1.54) is 18.7 Å². The predicted molar refractivity (Wildman–Crippen MR) is 64.0 cm³/mol. The minimum absolute atomic E-state index is 0.661. The first kappa shape index (κ1) is 11.0. The van der Waals surface area contributed by atoms with Gasteiger partial charge in [-0.25, -0.2) is 4.98 Å². The lowest BCUT2D eigenvalue weighted by molar-refractivity contribution is 0.269. The molecular weight excluding hydrogens is 206 g/mol. The summed E-state index contributed by atoms with van der Waals surface area (Å²) in [4.78, 5) is 6.66. The first-order chi connectivity index (χ1) is 7.25. The minimum Gasteiger partial charge on any atom is -0.312 e. The van der Waals surface area contributed by atoms with E-state index < -0.39 is 0 Å². The van der Waals surface area contributed by atoms with Crippen LogP contribution in [0.15, 0.2) is 10.9 Å². The van der Waals surface area contributed by atoms with Gasteiger partial charge in [0.05, 0.1) is 11.2 Å². The zero-order chi connectivity index (χ0) is 10.7. The Labute approximate surface area is 95.5 Å². The third-order valence-corrected chi connectivity index (χ3v) is 3.75. The molecule has 84 valence electrons. The van der Waals surface area contributed by atoms with Crippen LogP contribution in [0, 0.1) is 5.92 Å². The van der Waals surface area contributed by atoms with E-state index in [-0.39, 0.29) is 0 Å². The van der Waals surface area contributed by atoms with Crippen LogP contribution in [0.25, 0.3) is 0 Å². The quantitative estimate of drug-likeness (QED) is 0.843. The number of aromatic nitrogens is 1. The van der Waals surface area contributed by atoms with Crippen molar-refractivity contribution in [2.24, 2.45) is 5.92 Å². The maximum absolute atomic E-state index is 4.31. The van der Waals surface area contributed by atoms with E-state index in [0.29, 0.717) is 6.04 Å². The Morgan fingerprint density at radius 1 is 1.67 bits per heavy atom. The van der Waals surface area contributed by atoms with Gasteiger partial charge in [-0.3, -0.25) is 4.90 Å². The molecule has 1 saturated heterocycles. The number of nitrogens with one attached hydrogen (secondary N) is 1. The molecule has 0 aliphatic carbocycles. The average Bonchev–Trinajstić information content (AvgIpc) is 2.79. The van der Waals surface area contributed by atoms with E-state index in [2.05, 4.69) is 34.6 Å². The molecule has 2 atom stereocenters. The number of nitrogens with zero attached hydrogens (tertiary/aromatic N) is 2. The van der Waals surface area contributed by atoms with Gasteiger partial charge in [0.1, 0.15) is 0 Å². The lowest BCUT2D eigenvalue weighted by atomic mass is 10.0. The largest absolute Gasteiger partial charge is 0.312 e. The number of thiazole rings is 1. The lowest BCUT2D eigenvalue weighted by Gasteiger charge is -2.23. The van der Waals surface area contributed by atoms with Gasteiger partial charge < -0.3 is 5.32 Å². The van der Waals surface area contributed by atoms with Gasteiger partial charge >= 0.3 is 0 Å². The van der Waals surface area contributed by atoms with E-state index in [4.69, 9.17) is 0 Å². The molecule has 0 bridgehead atoms.